The lowest BCUT2D eigenvalue weighted by atomic mass is 10.0. The lowest BCUT2D eigenvalue weighted by molar-refractivity contribution is 0.148. The van der Waals surface area contributed by atoms with Gasteiger partial charge in [-0.15, -0.1) is 0 Å². The van der Waals surface area contributed by atoms with Gasteiger partial charge in [0.2, 0.25) is 0 Å². The third kappa shape index (κ3) is 2.23. The molecule has 0 saturated carbocycles. The van der Waals surface area contributed by atoms with Crippen LogP contribution in [-0.2, 0) is 0 Å². The van der Waals surface area contributed by atoms with Gasteiger partial charge in [-0.3, -0.25) is 0 Å². The second-order valence-electron chi connectivity index (χ2n) is 3.13. The predicted octanol–water partition coefficient (Wildman–Crippen LogP) is 1.67. The van der Waals surface area contributed by atoms with E-state index in [9.17, 15) is 9.50 Å². The van der Waals surface area contributed by atoms with E-state index in [-0.39, 0.29) is 11.3 Å². The van der Waals surface area contributed by atoms with Gasteiger partial charge < -0.3 is 15.9 Å². The molecule has 1 rings (SSSR count). The molecule has 0 amide bonds. The topological polar surface area (TPSA) is 66.5 Å². The van der Waals surface area contributed by atoms with Gasteiger partial charge in [0.1, 0.15) is 11.6 Å². The molecule has 5 heteroatoms. The lowest BCUT2D eigenvalue weighted by Crippen LogP contribution is -2.25. The van der Waals surface area contributed by atoms with Crippen LogP contribution in [0.4, 0.5) is 4.39 Å². The zero-order valence-electron chi connectivity index (χ0n) is 7.54. The number of rotatable bonds is 2. The number of benzene rings is 1. The van der Waals surface area contributed by atoms with E-state index in [1.165, 1.54) is 6.07 Å². The van der Waals surface area contributed by atoms with Crippen LogP contribution in [0.5, 0.6) is 5.75 Å². The van der Waals surface area contributed by atoms with Crippen molar-refractivity contribution in [2.45, 2.75) is 19.1 Å². The first kappa shape index (κ1) is 11.4. The number of halogens is 2. The standard InChI is InChI=1S/C9H11BrFNO2/c1-4(12)9(14)5-2-6(10)8(13)3-7(5)11/h2-4,9,13-14H,12H2,1H3. The highest BCUT2D eigenvalue weighted by Crippen LogP contribution is 2.30. The van der Waals surface area contributed by atoms with E-state index in [0.29, 0.717) is 4.47 Å². The number of aliphatic hydroxyl groups is 1. The quantitative estimate of drug-likeness (QED) is 0.761. The molecule has 0 aliphatic rings. The molecule has 0 aliphatic heterocycles. The Morgan fingerprint density at radius 3 is 2.57 bits per heavy atom. The van der Waals surface area contributed by atoms with Gasteiger partial charge in [-0.1, -0.05) is 0 Å². The fourth-order valence-electron chi connectivity index (χ4n) is 1.06. The van der Waals surface area contributed by atoms with Crippen LogP contribution in [0.3, 0.4) is 0 Å². The van der Waals surface area contributed by atoms with Gasteiger partial charge in [-0.2, -0.15) is 0 Å². The summed E-state index contributed by atoms with van der Waals surface area (Å²) in [6.07, 6.45) is -1.08. The van der Waals surface area contributed by atoms with Crippen LogP contribution in [0.25, 0.3) is 0 Å². The Bertz CT molecular complexity index is 344. The summed E-state index contributed by atoms with van der Waals surface area (Å²) in [5.41, 5.74) is 5.50. The van der Waals surface area contributed by atoms with Crippen LogP contribution < -0.4 is 5.73 Å². The smallest absolute Gasteiger partial charge is 0.132 e. The number of phenolic OH excluding ortho intramolecular Hbond substituents is 1. The monoisotopic (exact) mass is 263 g/mol. The van der Waals surface area contributed by atoms with E-state index < -0.39 is 18.0 Å². The Labute approximate surface area is 89.5 Å². The van der Waals surface area contributed by atoms with Crippen LogP contribution in [-0.4, -0.2) is 16.3 Å². The number of hydrogen-bond acceptors (Lipinski definition) is 3. The molecule has 0 aliphatic carbocycles. The summed E-state index contributed by atoms with van der Waals surface area (Å²) in [4.78, 5) is 0. The highest BCUT2D eigenvalue weighted by Gasteiger charge is 2.18. The summed E-state index contributed by atoms with van der Waals surface area (Å²) in [5, 5.41) is 18.7. The molecule has 0 radical (unpaired) electrons. The Morgan fingerprint density at radius 2 is 2.07 bits per heavy atom. The van der Waals surface area contributed by atoms with E-state index >= 15 is 0 Å². The zero-order valence-corrected chi connectivity index (χ0v) is 9.12. The molecule has 1 aromatic carbocycles. The number of nitrogens with two attached hydrogens (primary N) is 1. The molecule has 0 aromatic heterocycles. The van der Waals surface area contributed by atoms with Crippen LogP contribution >= 0.6 is 15.9 Å². The van der Waals surface area contributed by atoms with Gasteiger partial charge in [-0.25, -0.2) is 4.39 Å². The largest absolute Gasteiger partial charge is 0.507 e. The molecular weight excluding hydrogens is 253 g/mol. The van der Waals surface area contributed by atoms with E-state index in [0.717, 1.165) is 6.07 Å². The molecule has 1 aromatic rings. The second-order valence-corrected chi connectivity index (χ2v) is 3.98. The molecule has 0 saturated heterocycles. The van der Waals surface area contributed by atoms with Gasteiger partial charge in [0.25, 0.3) is 0 Å². The summed E-state index contributed by atoms with van der Waals surface area (Å²) in [6.45, 7) is 1.57. The number of phenols is 1. The molecule has 0 spiro atoms. The van der Waals surface area contributed by atoms with Gasteiger partial charge in [0.15, 0.2) is 0 Å². The third-order valence-corrected chi connectivity index (χ3v) is 2.52. The lowest BCUT2D eigenvalue weighted by Gasteiger charge is -2.16. The fraction of sp³-hybridized carbons (Fsp3) is 0.333. The van der Waals surface area contributed by atoms with E-state index in [1.807, 2.05) is 0 Å². The van der Waals surface area contributed by atoms with Crippen LogP contribution in [0.2, 0.25) is 0 Å². The normalized spacial score (nSPS) is 15.2. The predicted molar refractivity (Wildman–Crippen MR) is 54.4 cm³/mol. The van der Waals surface area contributed by atoms with Crippen LogP contribution in [0, 0.1) is 5.82 Å². The first-order valence-corrected chi connectivity index (χ1v) is 4.84. The maximum absolute atomic E-state index is 13.2. The summed E-state index contributed by atoms with van der Waals surface area (Å²) in [6, 6.07) is 1.69. The minimum absolute atomic E-state index is 0.0738. The first-order valence-electron chi connectivity index (χ1n) is 4.05. The SMILES string of the molecule is CC(N)C(O)c1cc(Br)c(O)cc1F. The highest BCUT2D eigenvalue weighted by atomic mass is 79.9. The Kier molecular flexibility index (Phi) is 3.47. The Balaban J connectivity index is 3.15. The molecule has 2 unspecified atom stereocenters. The minimum Gasteiger partial charge on any atom is -0.507 e. The molecule has 0 heterocycles. The Hall–Kier alpha value is -0.650. The minimum atomic E-state index is -1.08. The average Bonchev–Trinajstić information content (AvgIpc) is 2.10. The number of aromatic hydroxyl groups is 1. The van der Waals surface area contributed by atoms with Crippen molar-refractivity contribution in [1.29, 1.82) is 0 Å². The highest BCUT2D eigenvalue weighted by molar-refractivity contribution is 9.10. The van der Waals surface area contributed by atoms with Crippen molar-refractivity contribution in [2.24, 2.45) is 5.73 Å². The second kappa shape index (κ2) is 4.25. The van der Waals surface area contributed by atoms with Crippen molar-refractivity contribution in [2.75, 3.05) is 0 Å². The fourth-order valence-corrected chi connectivity index (χ4v) is 1.42. The Morgan fingerprint density at radius 1 is 1.50 bits per heavy atom. The van der Waals surface area contributed by atoms with Crippen molar-refractivity contribution in [1.82, 2.24) is 0 Å². The number of aliphatic hydroxyl groups excluding tert-OH is 1. The molecule has 4 N–H and O–H groups in total. The molecular formula is C9H11BrFNO2. The van der Waals surface area contributed by atoms with E-state index in [2.05, 4.69) is 15.9 Å². The summed E-state index contributed by atoms with van der Waals surface area (Å²) in [5.74, 6) is -0.876. The van der Waals surface area contributed by atoms with Crippen molar-refractivity contribution in [3.63, 3.8) is 0 Å². The molecule has 0 fully saturated rings. The van der Waals surface area contributed by atoms with Gasteiger partial charge >= 0.3 is 0 Å². The zero-order chi connectivity index (χ0) is 10.9. The van der Waals surface area contributed by atoms with Crippen LogP contribution in [0.1, 0.15) is 18.6 Å². The van der Waals surface area contributed by atoms with Gasteiger partial charge in [-0.05, 0) is 28.9 Å². The summed E-state index contributed by atoms with van der Waals surface area (Å²) < 4.78 is 13.6. The average molecular weight is 264 g/mol. The molecule has 14 heavy (non-hydrogen) atoms. The summed E-state index contributed by atoms with van der Waals surface area (Å²) in [7, 11) is 0. The van der Waals surface area contributed by atoms with Crippen molar-refractivity contribution in [3.05, 3.63) is 28.0 Å². The van der Waals surface area contributed by atoms with Crippen molar-refractivity contribution in [3.8, 4) is 5.75 Å². The molecule has 78 valence electrons. The van der Waals surface area contributed by atoms with Crippen molar-refractivity contribution >= 4 is 15.9 Å². The third-order valence-electron chi connectivity index (χ3n) is 1.88. The first-order chi connectivity index (χ1) is 6.43. The van der Waals surface area contributed by atoms with E-state index in [1.54, 1.807) is 6.92 Å². The molecule has 3 nitrogen and oxygen atoms in total. The maximum atomic E-state index is 13.2. The van der Waals surface area contributed by atoms with E-state index in [4.69, 9.17) is 10.8 Å². The van der Waals surface area contributed by atoms with Gasteiger partial charge in [0.05, 0.1) is 10.6 Å². The van der Waals surface area contributed by atoms with Crippen molar-refractivity contribution < 1.29 is 14.6 Å². The summed E-state index contributed by atoms with van der Waals surface area (Å²) >= 11 is 3.03. The maximum Gasteiger partial charge on any atom is 0.132 e. The molecule has 2 atom stereocenters. The molecule has 0 bridgehead atoms. The number of hydrogen-bond donors (Lipinski definition) is 3. The van der Waals surface area contributed by atoms with Gasteiger partial charge in [0, 0.05) is 17.7 Å². The van der Waals surface area contributed by atoms with Crippen LogP contribution in [0.15, 0.2) is 16.6 Å².